The third-order valence-electron chi connectivity index (χ3n) is 8.82. The molecule has 2 N–H and O–H groups in total. The monoisotopic (exact) mass is 576 g/mol. The van der Waals surface area contributed by atoms with Gasteiger partial charge in [-0.05, 0) is 93.0 Å². The summed E-state index contributed by atoms with van der Waals surface area (Å²) in [4.78, 5) is 0. The third kappa shape index (κ3) is 4.87. The minimum absolute atomic E-state index is 0.880. The van der Waals surface area contributed by atoms with Gasteiger partial charge in [-0.3, -0.25) is 0 Å². The van der Waals surface area contributed by atoms with Crippen molar-refractivity contribution in [2.24, 2.45) is 5.73 Å². The van der Waals surface area contributed by atoms with Crippen LogP contribution in [0.25, 0.3) is 71.3 Å². The standard InChI is InChI=1S/C43H32N2/c44-25-9-3-4-10-30-15-16-34-27-35(18-17-32(34)26-30)36-20-23-40-41-24-21-37-28-33(31-11-5-1-6-12-31)19-22-39(37)43(41)45(42(40)29-36)38-13-7-2-8-14-38/h1-9,11-29H,10,44H2/b4-3-,25-9-. The second kappa shape index (κ2) is 11.3. The summed E-state index contributed by atoms with van der Waals surface area (Å²) in [5.41, 5.74) is 15.2. The molecule has 0 saturated carbocycles. The largest absolute Gasteiger partial charge is 0.405 e. The van der Waals surface area contributed by atoms with Crippen LogP contribution in [0.15, 0.2) is 170 Å². The van der Waals surface area contributed by atoms with Crippen LogP contribution in [0.4, 0.5) is 0 Å². The van der Waals surface area contributed by atoms with Crippen molar-refractivity contribution in [1.29, 1.82) is 0 Å². The number of aromatic nitrogens is 1. The van der Waals surface area contributed by atoms with Crippen LogP contribution in [0, 0.1) is 0 Å². The molecule has 0 unspecified atom stereocenters. The SMILES string of the molecule is N/C=C\C=C/Cc1ccc2cc(-c3ccc4c5ccc6cc(-c7ccccc7)ccc6c5n(-c5ccccc5)c4c3)ccc2c1. The fourth-order valence-corrected chi connectivity index (χ4v) is 6.62. The zero-order valence-corrected chi connectivity index (χ0v) is 24.9. The molecular weight excluding hydrogens is 544 g/mol. The highest BCUT2D eigenvalue weighted by Crippen LogP contribution is 2.39. The van der Waals surface area contributed by atoms with Gasteiger partial charge in [-0.25, -0.2) is 0 Å². The molecule has 8 aromatic rings. The molecule has 0 amide bonds. The molecule has 0 atom stereocenters. The van der Waals surface area contributed by atoms with E-state index in [1.54, 1.807) is 6.20 Å². The van der Waals surface area contributed by atoms with Crippen molar-refractivity contribution in [3.8, 4) is 27.9 Å². The molecule has 2 nitrogen and oxygen atoms in total. The second-order valence-corrected chi connectivity index (χ2v) is 11.6. The highest BCUT2D eigenvalue weighted by molar-refractivity contribution is 6.19. The summed E-state index contributed by atoms with van der Waals surface area (Å²) in [5, 5.41) is 7.51. The first-order chi connectivity index (χ1) is 22.3. The van der Waals surface area contributed by atoms with E-state index in [0.717, 1.165) is 12.1 Å². The zero-order valence-electron chi connectivity index (χ0n) is 24.9. The second-order valence-electron chi connectivity index (χ2n) is 11.6. The summed E-state index contributed by atoms with van der Waals surface area (Å²) in [7, 11) is 0. The van der Waals surface area contributed by atoms with E-state index < -0.39 is 0 Å². The van der Waals surface area contributed by atoms with Crippen LogP contribution < -0.4 is 5.73 Å². The lowest BCUT2D eigenvalue weighted by molar-refractivity contribution is 1.19. The minimum Gasteiger partial charge on any atom is -0.405 e. The number of allylic oxidation sites excluding steroid dienone is 3. The van der Waals surface area contributed by atoms with Gasteiger partial charge in [-0.2, -0.15) is 0 Å². The Balaban J connectivity index is 1.28. The number of rotatable bonds is 6. The number of para-hydroxylation sites is 1. The molecule has 0 spiro atoms. The van der Waals surface area contributed by atoms with Crippen LogP contribution in [-0.4, -0.2) is 4.57 Å². The number of fused-ring (bicyclic) bond motifs is 6. The number of nitrogens with two attached hydrogens (primary N) is 1. The average Bonchev–Trinajstić information content (AvgIpc) is 3.44. The van der Waals surface area contributed by atoms with Crippen LogP contribution in [0.2, 0.25) is 0 Å². The van der Waals surface area contributed by atoms with Crippen molar-refractivity contribution in [2.45, 2.75) is 6.42 Å². The maximum atomic E-state index is 5.44. The van der Waals surface area contributed by atoms with E-state index in [2.05, 4.69) is 156 Å². The molecule has 0 fully saturated rings. The van der Waals surface area contributed by atoms with E-state index in [4.69, 9.17) is 5.73 Å². The predicted molar refractivity (Wildman–Crippen MR) is 193 cm³/mol. The van der Waals surface area contributed by atoms with Crippen molar-refractivity contribution < 1.29 is 0 Å². The molecule has 0 aliphatic rings. The lowest BCUT2D eigenvalue weighted by Crippen LogP contribution is -1.94. The topological polar surface area (TPSA) is 30.9 Å². The summed E-state index contributed by atoms with van der Waals surface area (Å²) in [6, 6.07) is 53.2. The molecule has 1 heterocycles. The quantitative estimate of drug-likeness (QED) is 0.196. The Morgan fingerprint density at radius 3 is 1.93 bits per heavy atom. The Morgan fingerprint density at radius 1 is 0.489 bits per heavy atom. The van der Waals surface area contributed by atoms with Gasteiger partial charge in [0, 0.05) is 21.8 Å². The van der Waals surface area contributed by atoms with Crippen molar-refractivity contribution in [2.75, 3.05) is 0 Å². The summed E-state index contributed by atoms with van der Waals surface area (Å²) in [5.74, 6) is 0. The van der Waals surface area contributed by atoms with Gasteiger partial charge in [0.15, 0.2) is 0 Å². The lowest BCUT2D eigenvalue weighted by Gasteiger charge is -2.11. The first-order valence-corrected chi connectivity index (χ1v) is 15.5. The van der Waals surface area contributed by atoms with Gasteiger partial charge in [0.25, 0.3) is 0 Å². The molecule has 214 valence electrons. The van der Waals surface area contributed by atoms with Gasteiger partial charge < -0.3 is 10.3 Å². The molecule has 8 rings (SSSR count). The molecule has 7 aromatic carbocycles. The van der Waals surface area contributed by atoms with Crippen molar-refractivity contribution in [3.63, 3.8) is 0 Å². The molecule has 1 aromatic heterocycles. The normalized spacial score (nSPS) is 12.0. The van der Waals surface area contributed by atoms with Crippen LogP contribution >= 0.6 is 0 Å². The van der Waals surface area contributed by atoms with Crippen LogP contribution in [0.5, 0.6) is 0 Å². The van der Waals surface area contributed by atoms with Crippen LogP contribution in [0.1, 0.15) is 5.56 Å². The smallest absolute Gasteiger partial charge is 0.0619 e. The van der Waals surface area contributed by atoms with E-state index in [1.165, 1.54) is 71.2 Å². The Bertz CT molecular complexity index is 2390. The minimum atomic E-state index is 0.880. The van der Waals surface area contributed by atoms with Gasteiger partial charge in [-0.15, -0.1) is 0 Å². The molecule has 0 aliphatic carbocycles. The molecule has 0 aliphatic heterocycles. The maximum absolute atomic E-state index is 5.44. The molecule has 0 bridgehead atoms. The van der Waals surface area contributed by atoms with Gasteiger partial charge in [0.2, 0.25) is 0 Å². The first-order valence-electron chi connectivity index (χ1n) is 15.5. The van der Waals surface area contributed by atoms with Gasteiger partial charge in [0.1, 0.15) is 0 Å². The molecule has 2 heteroatoms. The van der Waals surface area contributed by atoms with Gasteiger partial charge in [-0.1, -0.05) is 127 Å². The van der Waals surface area contributed by atoms with Crippen molar-refractivity contribution in [1.82, 2.24) is 4.57 Å². The van der Waals surface area contributed by atoms with E-state index in [-0.39, 0.29) is 0 Å². The Kier molecular flexibility index (Phi) is 6.73. The Morgan fingerprint density at radius 2 is 1.11 bits per heavy atom. The zero-order chi connectivity index (χ0) is 30.2. The Hall–Kier alpha value is -5.86. The lowest BCUT2D eigenvalue weighted by atomic mass is 9.98. The number of hydrogen-bond donors (Lipinski definition) is 1. The van der Waals surface area contributed by atoms with E-state index in [1.807, 2.05) is 12.2 Å². The fourth-order valence-electron chi connectivity index (χ4n) is 6.62. The van der Waals surface area contributed by atoms with E-state index in [0.29, 0.717) is 0 Å². The molecule has 0 saturated heterocycles. The van der Waals surface area contributed by atoms with Crippen LogP contribution in [0.3, 0.4) is 0 Å². The summed E-state index contributed by atoms with van der Waals surface area (Å²) >= 11 is 0. The summed E-state index contributed by atoms with van der Waals surface area (Å²) in [6.45, 7) is 0. The van der Waals surface area contributed by atoms with Crippen LogP contribution in [-0.2, 0) is 6.42 Å². The highest BCUT2D eigenvalue weighted by atomic mass is 15.0. The summed E-state index contributed by atoms with van der Waals surface area (Å²) < 4.78 is 2.44. The fraction of sp³-hybridized carbons (Fsp3) is 0.0233. The first kappa shape index (κ1) is 26.7. The van der Waals surface area contributed by atoms with Gasteiger partial charge in [0.05, 0.1) is 11.0 Å². The van der Waals surface area contributed by atoms with Crippen molar-refractivity contribution in [3.05, 3.63) is 176 Å². The van der Waals surface area contributed by atoms with E-state index >= 15 is 0 Å². The van der Waals surface area contributed by atoms with Crippen molar-refractivity contribution >= 4 is 43.4 Å². The average molecular weight is 577 g/mol. The number of hydrogen-bond acceptors (Lipinski definition) is 1. The molecule has 45 heavy (non-hydrogen) atoms. The predicted octanol–water partition coefficient (Wildman–Crippen LogP) is 11.0. The van der Waals surface area contributed by atoms with E-state index in [9.17, 15) is 0 Å². The molecular formula is C43H32N2. The Labute approximate surface area is 263 Å². The molecule has 0 radical (unpaired) electrons. The van der Waals surface area contributed by atoms with Gasteiger partial charge >= 0.3 is 0 Å². The number of nitrogens with zero attached hydrogens (tertiary/aromatic N) is 1. The highest BCUT2D eigenvalue weighted by Gasteiger charge is 2.16. The maximum Gasteiger partial charge on any atom is 0.0619 e. The third-order valence-corrected chi connectivity index (χ3v) is 8.82. The summed E-state index contributed by atoms with van der Waals surface area (Å²) in [6.07, 6.45) is 8.41. The number of benzene rings is 7.